The molecule has 0 aliphatic heterocycles. The van der Waals surface area contributed by atoms with Gasteiger partial charge in [-0.05, 0) is 18.6 Å². The van der Waals surface area contributed by atoms with Crippen LogP contribution in [0.5, 0.6) is 5.75 Å². The number of ether oxygens (including phenoxy) is 1. The fourth-order valence-electron chi connectivity index (χ4n) is 3.54. The van der Waals surface area contributed by atoms with Crippen molar-refractivity contribution in [3.05, 3.63) is 29.8 Å². The zero-order valence-electron chi connectivity index (χ0n) is 17.7. The van der Waals surface area contributed by atoms with Crippen LogP contribution in [0.25, 0.3) is 0 Å². The molecule has 1 rings (SSSR count). The van der Waals surface area contributed by atoms with Gasteiger partial charge in [-0.25, -0.2) is 0 Å². The number of unbranched alkanes of at least 4 members (excludes halogenated alkanes) is 15. The summed E-state index contributed by atoms with van der Waals surface area (Å²) < 4.78 is 5.72. The van der Waals surface area contributed by atoms with Crippen molar-refractivity contribution in [3.8, 4) is 5.75 Å². The lowest BCUT2D eigenvalue weighted by Crippen LogP contribution is -1.99. The molecule has 0 spiro atoms. The molecule has 2 nitrogen and oxygen atoms in total. The molecule has 0 aliphatic rings. The monoisotopic (exact) mass is 374 g/mol. The Kier molecular flexibility index (Phi) is 15.9. The van der Waals surface area contributed by atoms with Crippen molar-refractivity contribution in [2.45, 2.75) is 110 Å². The van der Waals surface area contributed by atoms with E-state index in [2.05, 4.69) is 6.92 Å². The van der Waals surface area contributed by atoms with Gasteiger partial charge in [0.25, 0.3) is 0 Å². The Bertz CT molecular complexity index is 455. The second kappa shape index (κ2) is 18.1. The fraction of sp³-hybridized carbons (Fsp3) is 0.720. The van der Waals surface area contributed by atoms with Crippen molar-refractivity contribution >= 4 is 6.29 Å². The maximum atomic E-state index is 10.9. The minimum absolute atomic E-state index is 0.647. The number of rotatable bonds is 19. The van der Waals surface area contributed by atoms with Crippen molar-refractivity contribution in [2.75, 3.05) is 6.61 Å². The summed E-state index contributed by atoms with van der Waals surface area (Å²) in [5, 5.41) is 0. The van der Waals surface area contributed by atoms with E-state index in [-0.39, 0.29) is 0 Å². The first kappa shape index (κ1) is 23.7. The molecule has 154 valence electrons. The van der Waals surface area contributed by atoms with E-state index in [1.165, 1.54) is 96.3 Å². The van der Waals surface area contributed by atoms with Crippen LogP contribution in [-0.2, 0) is 0 Å². The SMILES string of the molecule is CCCCCCCCCCCCCCCCCCOc1ccccc1C=O. The molecule has 0 N–H and O–H groups in total. The van der Waals surface area contributed by atoms with Crippen LogP contribution in [0.15, 0.2) is 24.3 Å². The summed E-state index contributed by atoms with van der Waals surface area (Å²) in [7, 11) is 0. The molecule has 0 amide bonds. The lowest BCUT2D eigenvalue weighted by molar-refractivity contribution is 0.111. The van der Waals surface area contributed by atoms with Crippen LogP contribution < -0.4 is 4.74 Å². The average Bonchev–Trinajstić information content (AvgIpc) is 2.70. The van der Waals surface area contributed by atoms with Gasteiger partial charge in [0.15, 0.2) is 6.29 Å². The van der Waals surface area contributed by atoms with Crippen LogP contribution in [0.2, 0.25) is 0 Å². The van der Waals surface area contributed by atoms with E-state index >= 15 is 0 Å². The van der Waals surface area contributed by atoms with E-state index in [4.69, 9.17) is 4.74 Å². The maximum Gasteiger partial charge on any atom is 0.153 e. The summed E-state index contributed by atoms with van der Waals surface area (Å²) >= 11 is 0. The largest absolute Gasteiger partial charge is 0.493 e. The third-order valence-electron chi connectivity index (χ3n) is 5.30. The highest BCUT2D eigenvalue weighted by molar-refractivity contribution is 5.79. The summed E-state index contributed by atoms with van der Waals surface area (Å²) in [6.45, 7) is 3.00. The highest BCUT2D eigenvalue weighted by Crippen LogP contribution is 2.17. The highest BCUT2D eigenvalue weighted by atomic mass is 16.5. The Morgan fingerprint density at radius 1 is 0.667 bits per heavy atom. The molecular weight excluding hydrogens is 332 g/mol. The number of carbonyl (C=O) groups excluding carboxylic acids is 1. The molecule has 2 heteroatoms. The normalized spacial score (nSPS) is 10.9. The van der Waals surface area contributed by atoms with Gasteiger partial charge in [0.05, 0.1) is 12.2 Å². The Hall–Kier alpha value is -1.31. The van der Waals surface area contributed by atoms with Crippen LogP contribution in [0.1, 0.15) is 120 Å². The maximum absolute atomic E-state index is 10.9. The lowest BCUT2D eigenvalue weighted by atomic mass is 10.0. The first-order valence-corrected chi connectivity index (χ1v) is 11.6. The Morgan fingerprint density at radius 3 is 1.59 bits per heavy atom. The third-order valence-corrected chi connectivity index (χ3v) is 5.30. The van der Waals surface area contributed by atoms with Crippen molar-refractivity contribution in [3.63, 3.8) is 0 Å². The van der Waals surface area contributed by atoms with E-state index in [1.807, 2.05) is 18.2 Å². The molecule has 0 bridgehead atoms. The topological polar surface area (TPSA) is 26.3 Å². The van der Waals surface area contributed by atoms with Crippen LogP contribution in [0, 0.1) is 0 Å². The smallest absolute Gasteiger partial charge is 0.153 e. The molecule has 0 saturated heterocycles. The lowest BCUT2D eigenvalue weighted by Gasteiger charge is -2.08. The summed E-state index contributed by atoms with van der Waals surface area (Å²) in [6, 6.07) is 7.45. The average molecular weight is 375 g/mol. The van der Waals surface area contributed by atoms with E-state index in [0.29, 0.717) is 17.9 Å². The second-order valence-corrected chi connectivity index (χ2v) is 7.81. The van der Waals surface area contributed by atoms with Gasteiger partial charge >= 0.3 is 0 Å². The Balaban J connectivity index is 1.78. The summed E-state index contributed by atoms with van der Waals surface area (Å²) in [5.74, 6) is 0.716. The molecular formula is C25H42O2. The van der Waals surface area contributed by atoms with E-state index < -0.39 is 0 Å². The first-order chi connectivity index (χ1) is 13.4. The molecule has 0 saturated carbocycles. The zero-order valence-corrected chi connectivity index (χ0v) is 17.7. The molecule has 0 fully saturated rings. The summed E-state index contributed by atoms with van der Waals surface area (Å²) in [6.07, 6.45) is 22.9. The molecule has 0 radical (unpaired) electrons. The molecule has 0 aliphatic carbocycles. The summed E-state index contributed by atoms with van der Waals surface area (Å²) in [5.41, 5.74) is 0.647. The molecule has 0 unspecified atom stereocenters. The predicted molar refractivity (Wildman–Crippen MR) is 117 cm³/mol. The molecule has 1 aromatic carbocycles. The molecule has 0 atom stereocenters. The van der Waals surface area contributed by atoms with Crippen molar-refractivity contribution in [1.29, 1.82) is 0 Å². The van der Waals surface area contributed by atoms with Gasteiger partial charge in [0, 0.05) is 0 Å². The van der Waals surface area contributed by atoms with Crippen LogP contribution in [-0.4, -0.2) is 12.9 Å². The third kappa shape index (κ3) is 13.5. The van der Waals surface area contributed by atoms with Gasteiger partial charge in [-0.15, -0.1) is 0 Å². The first-order valence-electron chi connectivity index (χ1n) is 11.6. The quantitative estimate of drug-likeness (QED) is 0.180. The highest BCUT2D eigenvalue weighted by Gasteiger charge is 2.00. The number of hydrogen-bond acceptors (Lipinski definition) is 2. The molecule has 1 aromatic rings. The van der Waals surface area contributed by atoms with E-state index in [1.54, 1.807) is 6.07 Å². The predicted octanol–water partition coefficient (Wildman–Crippen LogP) is 8.14. The minimum atomic E-state index is 0.647. The number of carbonyl (C=O) groups is 1. The van der Waals surface area contributed by atoms with Gasteiger partial charge in [0.1, 0.15) is 5.75 Å². The van der Waals surface area contributed by atoms with Crippen LogP contribution in [0.4, 0.5) is 0 Å². The van der Waals surface area contributed by atoms with Crippen LogP contribution >= 0.6 is 0 Å². The fourth-order valence-corrected chi connectivity index (χ4v) is 3.54. The molecule has 27 heavy (non-hydrogen) atoms. The van der Waals surface area contributed by atoms with E-state index in [0.717, 1.165) is 12.7 Å². The van der Waals surface area contributed by atoms with Crippen molar-refractivity contribution < 1.29 is 9.53 Å². The number of para-hydroxylation sites is 1. The second-order valence-electron chi connectivity index (χ2n) is 7.81. The van der Waals surface area contributed by atoms with Gasteiger partial charge < -0.3 is 4.74 Å². The number of hydrogen-bond donors (Lipinski definition) is 0. The van der Waals surface area contributed by atoms with Crippen molar-refractivity contribution in [1.82, 2.24) is 0 Å². The zero-order chi connectivity index (χ0) is 19.4. The summed E-state index contributed by atoms with van der Waals surface area (Å²) in [4.78, 5) is 10.9. The number of benzene rings is 1. The van der Waals surface area contributed by atoms with Gasteiger partial charge in [-0.3, -0.25) is 4.79 Å². The molecule has 0 heterocycles. The molecule has 0 aromatic heterocycles. The van der Waals surface area contributed by atoms with Gasteiger partial charge in [-0.2, -0.15) is 0 Å². The van der Waals surface area contributed by atoms with Crippen LogP contribution in [0.3, 0.4) is 0 Å². The Labute approximate surface area is 168 Å². The van der Waals surface area contributed by atoms with E-state index in [9.17, 15) is 4.79 Å². The Morgan fingerprint density at radius 2 is 1.11 bits per heavy atom. The van der Waals surface area contributed by atoms with Gasteiger partial charge in [-0.1, -0.05) is 115 Å². The standard InChI is InChI=1S/C25H42O2/c1-2-3-4-5-6-7-8-9-10-11-12-13-14-15-16-19-22-27-25-21-18-17-20-24(25)23-26/h17-18,20-21,23H,2-16,19,22H2,1H3. The number of aldehydes is 1. The minimum Gasteiger partial charge on any atom is -0.493 e. The van der Waals surface area contributed by atoms with Gasteiger partial charge in [0.2, 0.25) is 0 Å². The van der Waals surface area contributed by atoms with Crippen molar-refractivity contribution in [2.24, 2.45) is 0 Å².